The maximum absolute atomic E-state index is 12.6. The van der Waals surface area contributed by atoms with E-state index in [0.717, 1.165) is 23.0 Å². The quantitative estimate of drug-likeness (QED) is 0.661. The van der Waals surface area contributed by atoms with Crippen molar-refractivity contribution >= 4 is 29.6 Å². The van der Waals surface area contributed by atoms with Gasteiger partial charge in [0.05, 0.1) is 0 Å². The van der Waals surface area contributed by atoms with E-state index in [4.69, 9.17) is 0 Å². The number of aryl methyl sites for hydroxylation is 2. The second-order valence-corrected chi connectivity index (χ2v) is 7.13. The zero-order valence-corrected chi connectivity index (χ0v) is 16.1. The normalized spacial score (nSPS) is 12.2. The van der Waals surface area contributed by atoms with Gasteiger partial charge in [-0.05, 0) is 38.3 Å². The van der Waals surface area contributed by atoms with Crippen LogP contribution in [0.3, 0.4) is 0 Å². The molecule has 0 aliphatic rings. The molecule has 2 heterocycles. The molecule has 0 saturated heterocycles. The fourth-order valence-corrected chi connectivity index (χ4v) is 2.71. The number of nitrogens with zero attached hydrogens (tertiary/aromatic N) is 4. The van der Waals surface area contributed by atoms with Crippen LogP contribution in [0.25, 0.3) is 0 Å². The van der Waals surface area contributed by atoms with Crippen molar-refractivity contribution in [2.24, 2.45) is 0 Å². The lowest BCUT2D eigenvalue weighted by Crippen LogP contribution is -2.36. The lowest BCUT2D eigenvalue weighted by atomic mass is 10.2. The number of nitrogens with one attached hydrogen (secondary N) is 3. The largest absolute Gasteiger partial charge is 0.342 e. The monoisotopic (exact) mass is 363 g/mol. The zero-order valence-electron chi connectivity index (χ0n) is 15.3. The smallest absolute Gasteiger partial charge is 0.249 e. The Morgan fingerprint density at radius 3 is 2.44 bits per heavy atom. The van der Waals surface area contributed by atoms with Crippen LogP contribution in [0.5, 0.6) is 0 Å². The van der Waals surface area contributed by atoms with Crippen molar-refractivity contribution in [1.29, 1.82) is 0 Å². The first kappa shape index (κ1) is 19.2. The highest BCUT2D eigenvalue weighted by Gasteiger charge is 2.21. The first-order chi connectivity index (χ1) is 11.9. The second-order valence-electron chi connectivity index (χ2n) is 6.14. The van der Waals surface area contributed by atoms with Crippen LogP contribution in [-0.2, 0) is 4.79 Å². The Labute approximate surface area is 152 Å². The molecule has 25 heavy (non-hydrogen) atoms. The maximum Gasteiger partial charge on any atom is 0.249 e. The van der Waals surface area contributed by atoms with Crippen LogP contribution in [0, 0.1) is 13.8 Å². The molecule has 0 fully saturated rings. The van der Waals surface area contributed by atoms with Crippen molar-refractivity contribution in [3.63, 3.8) is 0 Å². The molecule has 3 N–H and O–H groups in total. The fourth-order valence-electron chi connectivity index (χ4n) is 2.24. The molecule has 0 aliphatic carbocycles. The zero-order chi connectivity index (χ0) is 18.4. The van der Waals surface area contributed by atoms with E-state index in [1.54, 1.807) is 11.8 Å². The van der Waals surface area contributed by atoms with Gasteiger partial charge in [0.25, 0.3) is 0 Å². The summed E-state index contributed by atoms with van der Waals surface area (Å²) in [7, 11) is 0. The Kier molecular flexibility index (Phi) is 6.74. The topological polar surface area (TPSA) is 108 Å². The van der Waals surface area contributed by atoms with Crippen LogP contribution in [0.15, 0.2) is 6.07 Å². The van der Waals surface area contributed by atoms with Crippen LogP contribution >= 0.6 is 11.8 Å². The number of aromatic nitrogens is 5. The fraction of sp³-hybridized carbons (Fsp3) is 0.562. The number of rotatable bonds is 8. The third-order valence-electron chi connectivity index (χ3n) is 3.50. The van der Waals surface area contributed by atoms with Gasteiger partial charge in [-0.3, -0.25) is 15.2 Å². The third kappa shape index (κ3) is 5.70. The molecule has 8 nitrogen and oxygen atoms in total. The molecule has 0 saturated carbocycles. The first-order valence-electron chi connectivity index (χ1n) is 8.20. The van der Waals surface area contributed by atoms with E-state index in [1.165, 1.54) is 0 Å². The first-order valence-corrected chi connectivity index (χ1v) is 9.59. The van der Waals surface area contributed by atoms with Crippen LogP contribution in [0.4, 0.5) is 11.9 Å². The number of thioether (sulfide) groups is 1. The number of hydrogen-bond acceptors (Lipinski definition) is 7. The van der Waals surface area contributed by atoms with E-state index >= 15 is 0 Å². The summed E-state index contributed by atoms with van der Waals surface area (Å²) in [4.78, 5) is 25.6. The van der Waals surface area contributed by atoms with Crippen molar-refractivity contribution in [3.05, 3.63) is 23.3 Å². The van der Waals surface area contributed by atoms with Crippen LogP contribution in [0.2, 0.25) is 0 Å². The minimum absolute atomic E-state index is 0.203. The van der Waals surface area contributed by atoms with Gasteiger partial charge < -0.3 is 5.32 Å². The second kappa shape index (κ2) is 8.80. The summed E-state index contributed by atoms with van der Waals surface area (Å²) in [6.07, 6.45) is 2.65. The van der Waals surface area contributed by atoms with E-state index in [-0.39, 0.29) is 17.8 Å². The Morgan fingerprint density at radius 2 is 1.88 bits per heavy atom. The molecular weight excluding hydrogens is 338 g/mol. The SMILES string of the molecule is CSCC[C@@H](Nc1nc(C)cc(C)n1)C(=O)Nc1n[nH]c(C(C)C)n1. The summed E-state index contributed by atoms with van der Waals surface area (Å²) in [5.74, 6) is 2.32. The van der Waals surface area contributed by atoms with Gasteiger partial charge in [0.15, 0.2) is 0 Å². The van der Waals surface area contributed by atoms with Gasteiger partial charge in [-0.25, -0.2) is 9.97 Å². The minimum atomic E-state index is -0.463. The molecule has 2 aromatic heterocycles. The van der Waals surface area contributed by atoms with E-state index < -0.39 is 6.04 Å². The van der Waals surface area contributed by atoms with Gasteiger partial charge >= 0.3 is 0 Å². The number of anilines is 2. The number of amides is 1. The minimum Gasteiger partial charge on any atom is -0.342 e. The summed E-state index contributed by atoms with van der Waals surface area (Å²) in [6.45, 7) is 7.81. The molecule has 0 bridgehead atoms. The van der Waals surface area contributed by atoms with Gasteiger partial charge in [0.2, 0.25) is 17.8 Å². The average molecular weight is 363 g/mol. The summed E-state index contributed by atoms with van der Waals surface area (Å²) < 4.78 is 0. The number of hydrogen-bond donors (Lipinski definition) is 3. The molecule has 9 heteroatoms. The lowest BCUT2D eigenvalue weighted by Gasteiger charge is -2.17. The van der Waals surface area contributed by atoms with E-state index in [9.17, 15) is 4.79 Å². The van der Waals surface area contributed by atoms with Crippen molar-refractivity contribution in [1.82, 2.24) is 25.1 Å². The number of aromatic amines is 1. The van der Waals surface area contributed by atoms with E-state index in [0.29, 0.717) is 12.4 Å². The molecular formula is C16H25N7OS. The Hall–Kier alpha value is -2.16. The average Bonchev–Trinajstić information content (AvgIpc) is 2.99. The molecule has 0 spiro atoms. The van der Waals surface area contributed by atoms with Crippen molar-refractivity contribution < 1.29 is 4.79 Å². The van der Waals surface area contributed by atoms with Crippen molar-refractivity contribution in [2.45, 2.75) is 46.1 Å². The summed E-state index contributed by atoms with van der Waals surface area (Å²) in [5, 5.41) is 12.8. The Balaban J connectivity index is 2.10. The number of carbonyl (C=O) groups is 1. The van der Waals surface area contributed by atoms with Crippen LogP contribution in [0.1, 0.15) is 43.4 Å². The standard InChI is InChI=1S/C16H25N7OS/c1-9(2)13-20-16(23-22-13)21-14(24)12(6-7-25-5)19-15-17-10(3)8-11(4)18-15/h8-9,12H,6-7H2,1-5H3,(H,17,18,19)(H2,20,21,22,23,24)/t12-/m1/s1. The van der Waals surface area contributed by atoms with Gasteiger partial charge in [-0.1, -0.05) is 13.8 Å². The molecule has 0 aliphatic heterocycles. The number of carbonyl (C=O) groups excluding carboxylic acids is 1. The van der Waals surface area contributed by atoms with Crippen molar-refractivity contribution in [2.75, 3.05) is 22.6 Å². The molecule has 2 rings (SSSR count). The lowest BCUT2D eigenvalue weighted by molar-refractivity contribution is -0.117. The van der Waals surface area contributed by atoms with Crippen LogP contribution < -0.4 is 10.6 Å². The summed E-state index contributed by atoms with van der Waals surface area (Å²) in [6, 6.07) is 1.43. The highest BCUT2D eigenvalue weighted by atomic mass is 32.2. The molecule has 1 amide bonds. The van der Waals surface area contributed by atoms with Gasteiger partial charge in [-0.15, -0.1) is 5.10 Å². The van der Waals surface area contributed by atoms with Gasteiger partial charge in [-0.2, -0.15) is 16.7 Å². The molecule has 1 atom stereocenters. The Bertz CT molecular complexity index is 696. The highest BCUT2D eigenvalue weighted by molar-refractivity contribution is 7.98. The maximum atomic E-state index is 12.6. The van der Waals surface area contributed by atoms with Gasteiger partial charge in [0.1, 0.15) is 11.9 Å². The molecule has 0 aromatic carbocycles. The van der Waals surface area contributed by atoms with Crippen molar-refractivity contribution in [3.8, 4) is 0 Å². The summed E-state index contributed by atoms with van der Waals surface area (Å²) in [5.41, 5.74) is 1.71. The Morgan fingerprint density at radius 1 is 1.20 bits per heavy atom. The predicted octanol–water partition coefficient (Wildman–Crippen LogP) is 2.51. The third-order valence-corrected chi connectivity index (χ3v) is 4.14. The molecule has 2 aromatic rings. The molecule has 136 valence electrons. The molecule has 0 unspecified atom stereocenters. The summed E-state index contributed by atoms with van der Waals surface area (Å²) >= 11 is 1.68. The van der Waals surface area contributed by atoms with E-state index in [2.05, 4.69) is 35.8 Å². The highest BCUT2D eigenvalue weighted by Crippen LogP contribution is 2.13. The van der Waals surface area contributed by atoms with E-state index in [1.807, 2.05) is 40.0 Å². The number of H-pyrrole nitrogens is 1. The molecule has 0 radical (unpaired) electrons. The van der Waals surface area contributed by atoms with Crippen LogP contribution in [-0.4, -0.2) is 49.1 Å². The predicted molar refractivity (Wildman–Crippen MR) is 101 cm³/mol. The van der Waals surface area contributed by atoms with Gasteiger partial charge in [0, 0.05) is 17.3 Å².